The summed E-state index contributed by atoms with van der Waals surface area (Å²) in [5.74, 6) is -0.419. The first-order valence-electron chi connectivity index (χ1n) is 8.55. The van der Waals surface area contributed by atoms with Crippen molar-refractivity contribution < 1.29 is 27.9 Å². The summed E-state index contributed by atoms with van der Waals surface area (Å²) in [5.41, 5.74) is -0.431. The summed E-state index contributed by atoms with van der Waals surface area (Å²) in [6.07, 6.45) is -3.63. The Kier molecular flexibility index (Phi) is 6.49. The number of ketones is 1. The maximum atomic E-state index is 13.4. The van der Waals surface area contributed by atoms with Crippen molar-refractivity contribution in [2.24, 2.45) is 0 Å². The number of benzene rings is 2. The second-order valence-corrected chi connectivity index (χ2v) is 7.80. The molecular formula is C21H16ClF3NO2S+. The fraction of sp³-hybridized carbons (Fsp3) is 0.143. The van der Waals surface area contributed by atoms with E-state index >= 15 is 0 Å². The van der Waals surface area contributed by atoms with Crippen LogP contribution in [0.5, 0.6) is 0 Å². The van der Waals surface area contributed by atoms with E-state index in [4.69, 9.17) is 11.6 Å². The van der Waals surface area contributed by atoms with Gasteiger partial charge in [0.2, 0.25) is 6.20 Å². The van der Waals surface area contributed by atoms with Gasteiger partial charge in [-0.25, -0.2) is 0 Å². The molecule has 0 amide bonds. The lowest BCUT2D eigenvalue weighted by molar-refractivity contribution is -0.932. The second-order valence-electron chi connectivity index (χ2n) is 6.23. The van der Waals surface area contributed by atoms with Crippen LogP contribution in [0.25, 0.3) is 0 Å². The van der Waals surface area contributed by atoms with E-state index < -0.39 is 29.2 Å². The van der Waals surface area contributed by atoms with E-state index in [1.54, 1.807) is 48.5 Å². The molecule has 1 atom stereocenters. The van der Waals surface area contributed by atoms with Crippen LogP contribution in [0.1, 0.15) is 21.9 Å². The van der Waals surface area contributed by atoms with Crippen LogP contribution in [0.2, 0.25) is 5.02 Å². The van der Waals surface area contributed by atoms with Gasteiger partial charge in [-0.1, -0.05) is 48.0 Å². The Bertz CT molecular complexity index is 1010. The average molecular weight is 439 g/mol. The highest BCUT2D eigenvalue weighted by Gasteiger charge is 2.35. The van der Waals surface area contributed by atoms with Gasteiger partial charge < -0.3 is 0 Å². The minimum atomic E-state index is -4.62. The van der Waals surface area contributed by atoms with E-state index in [1.165, 1.54) is 18.3 Å². The fourth-order valence-electron chi connectivity index (χ4n) is 2.83. The topological polar surface area (TPSA) is 41.2 Å². The highest BCUT2D eigenvalue weighted by molar-refractivity contribution is 8.00. The summed E-state index contributed by atoms with van der Waals surface area (Å²) in [6, 6.07) is 17.1. The maximum absolute atomic E-state index is 13.4. The number of aromatic nitrogens is 1. The third kappa shape index (κ3) is 5.31. The molecule has 8 heteroatoms. The molecule has 3 rings (SSSR count). The number of carbonyl (C=O) groups is 1. The van der Waals surface area contributed by atoms with Crippen LogP contribution in [-0.4, -0.2) is 11.0 Å². The molecule has 0 aliphatic carbocycles. The van der Waals surface area contributed by atoms with Crippen LogP contribution in [-0.2, 0) is 17.4 Å². The molecule has 1 heterocycles. The fourth-order valence-corrected chi connectivity index (χ4v) is 4.08. The van der Waals surface area contributed by atoms with Crippen LogP contribution in [0, 0.1) is 0 Å². The third-order valence-electron chi connectivity index (χ3n) is 4.18. The van der Waals surface area contributed by atoms with Crippen LogP contribution < -0.4 is 4.73 Å². The van der Waals surface area contributed by atoms with Gasteiger partial charge in [-0.3, -0.25) is 10.0 Å². The Morgan fingerprint density at radius 1 is 1.07 bits per heavy atom. The highest BCUT2D eigenvalue weighted by atomic mass is 35.5. The SMILES string of the molecule is O=C(Cc1ccc(Cl)cc1C(F)(F)F)C(Sc1cccc[n+]1O)c1ccccc1. The van der Waals surface area contributed by atoms with Crippen molar-refractivity contribution in [3.63, 3.8) is 0 Å². The van der Waals surface area contributed by atoms with E-state index in [9.17, 15) is 23.2 Å². The third-order valence-corrected chi connectivity index (χ3v) is 5.75. The van der Waals surface area contributed by atoms with Crippen molar-refractivity contribution in [2.45, 2.75) is 22.9 Å². The zero-order valence-corrected chi connectivity index (χ0v) is 16.5. The molecule has 29 heavy (non-hydrogen) atoms. The maximum Gasteiger partial charge on any atom is 0.416 e. The number of thioether (sulfide) groups is 1. The van der Waals surface area contributed by atoms with E-state index in [2.05, 4.69) is 0 Å². The molecule has 1 aromatic heterocycles. The largest absolute Gasteiger partial charge is 0.416 e. The van der Waals surface area contributed by atoms with E-state index in [1.807, 2.05) is 0 Å². The normalized spacial score (nSPS) is 12.6. The lowest BCUT2D eigenvalue weighted by atomic mass is 9.98. The molecule has 150 valence electrons. The lowest BCUT2D eigenvalue weighted by Gasteiger charge is -2.17. The van der Waals surface area contributed by atoms with Crippen molar-refractivity contribution >= 4 is 29.1 Å². The van der Waals surface area contributed by atoms with Crippen LogP contribution in [0.15, 0.2) is 78.0 Å². The van der Waals surface area contributed by atoms with E-state index in [0.717, 1.165) is 22.6 Å². The molecule has 0 bridgehead atoms. The molecule has 2 aromatic carbocycles. The lowest BCUT2D eigenvalue weighted by Crippen LogP contribution is -2.32. The molecule has 0 saturated carbocycles. The Labute approximate surface area is 174 Å². The number of pyridine rings is 1. The molecule has 1 unspecified atom stereocenters. The minimum Gasteiger partial charge on any atom is -0.298 e. The molecule has 3 nitrogen and oxygen atoms in total. The predicted octanol–water partition coefficient (Wildman–Crippen LogP) is 5.53. The summed E-state index contributed by atoms with van der Waals surface area (Å²) >= 11 is 6.79. The van der Waals surface area contributed by atoms with Crippen molar-refractivity contribution in [3.8, 4) is 0 Å². The number of carbonyl (C=O) groups excluding carboxylic acids is 1. The number of halogens is 4. The standard InChI is InChI=1S/C21H16ClF3NO2S/c22-16-10-9-15(17(13-16)21(23,24)25)12-18(27)20(14-6-2-1-3-7-14)29-19-8-4-5-11-26(19)28/h1-11,13,20,28H,12H2/q+1. The summed E-state index contributed by atoms with van der Waals surface area (Å²) in [4.78, 5) is 13.1. The van der Waals surface area contributed by atoms with Crippen LogP contribution >= 0.6 is 23.4 Å². The number of rotatable bonds is 6. The summed E-state index contributed by atoms with van der Waals surface area (Å²) in [6.45, 7) is 0. The van der Waals surface area contributed by atoms with Gasteiger partial charge in [0.1, 0.15) is 0 Å². The predicted molar refractivity (Wildman–Crippen MR) is 104 cm³/mol. The van der Waals surface area contributed by atoms with Crippen molar-refractivity contribution in [2.75, 3.05) is 0 Å². The van der Waals surface area contributed by atoms with Crippen LogP contribution in [0.4, 0.5) is 13.2 Å². The number of Topliss-reactive ketones (excluding diaryl/α,β-unsaturated/α-hetero) is 1. The van der Waals surface area contributed by atoms with Crippen molar-refractivity contribution in [3.05, 3.63) is 94.6 Å². The Morgan fingerprint density at radius 3 is 2.41 bits per heavy atom. The number of hydrogen-bond acceptors (Lipinski definition) is 3. The van der Waals surface area contributed by atoms with Gasteiger partial charge in [0.05, 0.1) is 10.8 Å². The smallest absolute Gasteiger partial charge is 0.298 e. The van der Waals surface area contributed by atoms with Crippen molar-refractivity contribution in [1.82, 2.24) is 0 Å². The van der Waals surface area contributed by atoms with Gasteiger partial charge in [0.25, 0.3) is 5.03 Å². The zero-order chi connectivity index (χ0) is 21.0. The molecule has 0 spiro atoms. The number of hydrogen-bond donors (Lipinski definition) is 1. The molecule has 3 aromatic rings. The molecule has 0 saturated heterocycles. The second kappa shape index (κ2) is 8.88. The molecular weight excluding hydrogens is 423 g/mol. The summed E-state index contributed by atoms with van der Waals surface area (Å²) in [5, 5.41) is 9.53. The van der Waals surface area contributed by atoms with Gasteiger partial charge in [-0.05, 0) is 41.1 Å². The van der Waals surface area contributed by atoms with Crippen molar-refractivity contribution in [1.29, 1.82) is 0 Å². The van der Waals surface area contributed by atoms with Crippen LogP contribution in [0.3, 0.4) is 0 Å². The Morgan fingerprint density at radius 2 is 1.76 bits per heavy atom. The van der Waals surface area contributed by atoms with Gasteiger partial charge >= 0.3 is 6.18 Å². The van der Waals surface area contributed by atoms with Gasteiger partial charge in [-0.2, -0.15) is 13.2 Å². The molecule has 0 radical (unpaired) electrons. The first-order chi connectivity index (χ1) is 13.8. The van der Waals surface area contributed by atoms with Gasteiger partial charge in [-0.15, -0.1) is 0 Å². The highest BCUT2D eigenvalue weighted by Crippen LogP contribution is 2.38. The first-order valence-corrected chi connectivity index (χ1v) is 9.81. The van der Waals surface area contributed by atoms with Gasteiger partial charge in [0, 0.05) is 28.3 Å². The Hall–Kier alpha value is -2.51. The molecule has 0 aliphatic rings. The average Bonchev–Trinajstić information content (AvgIpc) is 2.68. The monoisotopic (exact) mass is 438 g/mol. The van der Waals surface area contributed by atoms with E-state index in [0.29, 0.717) is 10.6 Å². The zero-order valence-electron chi connectivity index (χ0n) is 14.9. The number of alkyl halides is 3. The molecule has 0 aliphatic heterocycles. The minimum absolute atomic E-state index is 0.0480. The first kappa shape index (κ1) is 21.2. The van der Waals surface area contributed by atoms with E-state index in [-0.39, 0.29) is 10.6 Å². The molecule has 0 fully saturated rings. The Balaban J connectivity index is 1.95. The van der Waals surface area contributed by atoms with Gasteiger partial charge in [0.15, 0.2) is 5.78 Å². The summed E-state index contributed by atoms with van der Waals surface area (Å²) < 4.78 is 41.0. The molecule has 1 N–H and O–H groups in total. The summed E-state index contributed by atoms with van der Waals surface area (Å²) in [7, 11) is 0. The number of nitrogens with zero attached hydrogens (tertiary/aromatic N) is 1. The quantitative estimate of drug-likeness (QED) is 0.312.